The predicted octanol–water partition coefficient (Wildman–Crippen LogP) is 2.77. The summed E-state index contributed by atoms with van der Waals surface area (Å²) in [6, 6.07) is 0. The van der Waals surface area contributed by atoms with Crippen LogP contribution in [-0.4, -0.2) is 12.7 Å². The van der Waals surface area contributed by atoms with E-state index in [9.17, 15) is 0 Å². The molecule has 1 aliphatic heterocycles. The zero-order valence-corrected chi connectivity index (χ0v) is 7.76. The second-order valence-corrected chi connectivity index (χ2v) is 3.78. The third-order valence-electron chi connectivity index (χ3n) is 2.10. The predicted molar refractivity (Wildman–Crippen MR) is 47.6 cm³/mol. The molecule has 11 heavy (non-hydrogen) atoms. The molecule has 0 saturated carbocycles. The molecule has 1 saturated heterocycles. The molecule has 0 aliphatic carbocycles. The van der Waals surface area contributed by atoms with Crippen molar-refractivity contribution in [3.05, 3.63) is 11.6 Å². The van der Waals surface area contributed by atoms with E-state index in [-0.39, 0.29) is 0 Å². The van der Waals surface area contributed by atoms with Gasteiger partial charge in [-0.05, 0) is 32.6 Å². The summed E-state index contributed by atoms with van der Waals surface area (Å²) in [5, 5.41) is 0. The van der Waals surface area contributed by atoms with Crippen LogP contribution in [0.15, 0.2) is 11.6 Å². The first-order valence-corrected chi connectivity index (χ1v) is 4.45. The summed E-state index contributed by atoms with van der Waals surface area (Å²) in [7, 11) is 0. The number of hydrogen-bond donors (Lipinski definition) is 0. The first-order chi connectivity index (χ1) is 5.18. The van der Waals surface area contributed by atoms with Crippen LogP contribution in [0.5, 0.6) is 0 Å². The molecule has 0 aromatic carbocycles. The van der Waals surface area contributed by atoms with Gasteiger partial charge in [0.05, 0.1) is 6.10 Å². The highest BCUT2D eigenvalue weighted by atomic mass is 16.5. The molecule has 0 bridgehead atoms. The van der Waals surface area contributed by atoms with Crippen LogP contribution in [0, 0.1) is 5.92 Å². The fraction of sp³-hybridized carbons (Fsp3) is 0.800. The average molecular weight is 154 g/mol. The lowest BCUT2D eigenvalue weighted by atomic mass is 9.97. The Balaban J connectivity index is 2.40. The van der Waals surface area contributed by atoms with Gasteiger partial charge in [-0.2, -0.15) is 0 Å². The zero-order chi connectivity index (χ0) is 8.27. The topological polar surface area (TPSA) is 9.23 Å². The first kappa shape index (κ1) is 8.79. The van der Waals surface area contributed by atoms with Crippen LogP contribution >= 0.6 is 0 Å². The van der Waals surface area contributed by atoms with Gasteiger partial charge < -0.3 is 4.74 Å². The van der Waals surface area contributed by atoms with E-state index >= 15 is 0 Å². The highest BCUT2D eigenvalue weighted by molar-refractivity contribution is 4.99. The molecule has 0 aromatic heterocycles. The van der Waals surface area contributed by atoms with Crippen LogP contribution in [0.4, 0.5) is 0 Å². The third-order valence-corrected chi connectivity index (χ3v) is 2.10. The van der Waals surface area contributed by atoms with Crippen LogP contribution in [-0.2, 0) is 4.74 Å². The zero-order valence-electron chi connectivity index (χ0n) is 7.76. The second kappa shape index (κ2) is 3.91. The lowest BCUT2D eigenvalue weighted by Crippen LogP contribution is -2.22. The van der Waals surface area contributed by atoms with Gasteiger partial charge in [0.1, 0.15) is 0 Å². The van der Waals surface area contributed by atoms with Crippen LogP contribution in [0.3, 0.4) is 0 Å². The summed E-state index contributed by atoms with van der Waals surface area (Å²) >= 11 is 0. The van der Waals surface area contributed by atoms with Gasteiger partial charge in [0.2, 0.25) is 0 Å². The molecule has 1 heteroatoms. The maximum Gasteiger partial charge on any atom is 0.0760 e. The van der Waals surface area contributed by atoms with Crippen molar-refractivity contribution in [1.82, 2.24) is 0 Å². The Kier molecular flexibility index (Phi) is 3.13. The molecule has 1 nitrogen and oxygen atoms in total. The lowest BCUT2D eigenvalue weighted by molar-refractivity contribution is 0.0235. The van der Waals surface area contributed by atoms with Crippen molar-refractivity contribution in [1.29, 1.82) is 0 Å². The van der Waals surface area contributed by atoms with Gasteiger partial charge in [-0.15, -0.1) is 0 Å². The van der Waals surface area contributed by atoms with Crippen LogP contribution < -0.4 is 0 Å². The normalized spacial score (nSPS) is 31.5. The van der Waals surface area contributed by atoms with Gasteiger partial charge in [0.15, 0.2) is 0 Å². The molecule has 1 unspecified atom stereocenters. The Morgan fingerprint density at radius 3 is 2.73 bits per heavy atom. The van der Waals surface area contributed by atoms with Crippen LogP contribution in [0.25, 0.3) is 0 Å². The number of allylic oxidation sites excluding steroid dienone is 1. The molecular weight excluding hydrogens is 136 g/mol. The van der Waals surface area contributed by atoms with Gasteiger partial charge >= 0.3 is 0 Å². The van der Waals surface area contributed by atoms with E-state index in [1.807, 2.05) is 0 Å². The lowest BCUT2D eigenvalue weighted by Gasteiger charge is -2.25. The molecule has 0 N–H and O–H groups in total. The number of ether oxygens (including phenoxy) is 1. The van der Waals surface area contributed by atoms with Crippen molar-refractivity contribution in [2.45, 2.75) is 39.7 Å². The molecule has 0 amide bonds. The van der Waals surface area contributed by atoms with E-state index in [2.05, 4.69) is 26.8 Å². The van der Waals surface area contributed by atoms with E-state index < -0.39 is 0 Å². The summed E-state index contributed by atoms with van der Waals surface area (Å²) in [6.07, 6.45) is 5.05. The Labute approximate surface area is 69.4 Å². The quantitative estimate of drug-likeness (QED) is 0.528. The molecule has 0 radical (unpaired) electrons. The van der Waals surface area contributed by atoms with Gasteiger partial charge in [0, 0.05) is 6.61 Å². The molecular formula is C10H18O. The van der Waals surface area contributed by atoms with E-state index in [1.165, 1.54) is 18.4 Å². The molecule has 1 heterocycles. The van der Waals surface area contributed by atoms with Crippen molar-refractivity contribution in [2.24, 2.45) is 5.92 Å². The Morgan fingerprint density at radius 2 is 2.18 bits per heavy atom. The van der Waals surface area contributed by atoms with E-state index in [0.29, 0.717) is 6.10 Å². The van der Waals surface area contributed by atoms with Gasteiger partial charge in [-0.3, -0.25) is 0 Å². The van der Waals surface area contributed by atoms with Crippen molar-refractivity contribution < 1.29 is 4.74 Å². The molecule has 1 rings (SSSR count). The Hall–Kier alpha value is -0.300. The van der Waals surface area contributed by atoms with Gasteiger partial charge in [-0.1, -0.05) is 18.6 Å². The van der Waals surface area contributed by atoms with E-state index in [1.54, 1.807) is 0 Å². The number of rotatable bonds is 1. The van der Waals surface area contributed by atoms with E-state index in [0.717, 1.165) is 12.5 Å². The van der Waals surface area contributed by atoms with Crippen molar-refractivity contribution in [3.8, 4) is 0 Å². The minimum absolute atomic E-state index is 0.392. The average Bonchev–Trinajstić information content (AvgIpc) is 1.85. The maximum absolute atomic E-state index is 5.58. The van der Waals surface area contributed by atoms with Crippen LogP contribution in [0.1, 0.15) is 33.6 Å². The summed E-state index contributed by atoms with van der Waals surface area (Å²) in [4.78, 5) is 0. The highest BCUT2D eigenvalue weighted by Gasteiger charge is 2.16. The van der Waals surface area contributed by atoms with E-state index in [4.69, 9.17) is 4.74 Å². The summed E-state index contributed by atoms with van der Waals surface area (Å²) in [5.41, 5.74) is 1.36. The van der Waals surface area contributed by atoms with Crippen LogP contribution in [0.2, 0.25) is 0 Å². The molecule has 64 valence electrons. The Bertz CT molecular complexity index is 145. The first-order valence-electron chi connectivity index (χ1n) is 4.45. The molecule has 2 atom stereocenters. The van der Waals surface area contributed by atoms with Gasteiger partial charge in [0.25, 0.3) is 0 Å². The van der Waals surface area contributed by atoms with Crippen molar-refractivity contribution >= 4 is 0 Å². The standard InChI is InChI=1S/C10H18O/c1-8(2)6-10-7-9(3)4-5-11-10/h6,9-10H,4-5,7H2,1-3H3/t9-,10?/m0/s1. The molecule has 1 fully saturated rings. The molecule has 1 aliphatic rings. The maximum atomic E-state index is 5.58. The van der Waals surface area contributed by atoms with Gasteiger partial charge in [-0.25, -0.2) is 0 Å². The highest BCUT2D eigenvalue weighted by Crippen LogP contribution is 2.20. The monoisotopic (exact) mass is 154 g/mol. The number of hydrogen-bond acceptors (Lipinski definition) is 1. The van der Waals surface area contributed by atoms with Crippen molar-refractivity contribution in [2.75, 3.05) is 6.61 Å². The summed E-state index contributed by atoms with van der Waals surface area (Å²) in [6.45, 7) is 7.50. The molecule has 0 spiro atoms. The largest absolute Gasteiger partial charge is 0.374 e. The minimum Gasteiger partial charge on any atom is -0.374 e. The summed E-state index contributed by atoms with van der Waals surface area (Å²) < 4.78 is 5.58. The molecule has 0 aromatic rings. The smallest absolute Gasteiger partial charge is 0.0760 e. The fourth-order valence-electron chi connectivity index (χ4n) is 1.49. The second-order valence-electron chi connectivity index (χ2n) is 3.78. The third kappa shape index (κ3) is 3.06. The SMILES string of the molecule is CC(C)=CC1C[C@@H](C)CCO1. The van der Waals surface area contributed by atoms with Crippen molar-refractivity contribution in [3.63, 3.8) is 0 Å². The minimum atomic E-state index is 0.392. The summed E-state index contributed by atoms with van der Waals surface area (Å²) in [5.74, 6) is 0.837. The Morgan fingerprint density at radius 1 is 1.45 bits per heavy atom. The fourth-order valence-corrected chi connectivity index (χ4v) is 1.49.